The molecule has 0 radical (unpaired) electrons. The third kappa shape index (κ3) is 5.99. The van der Waals surface area contributed by atoms with Crippen molar-refractivity contribution in [1.82, 2.24) is 0 Å². The first-order chi connectivity index (χ1) is 19.2. The van der Waals surface area contributed by atoms with E-state index in [9.17, 15) is 0 Å². The van der Waals surface area contributed by atoms with E-state index in [1.165, 1.54) is 91.6 Å². The Hall–Kier alpha value is -3.29. The molecule has 0 saturated carbocycles. The summed E-state index contributed by atoms with van der Waals surface area (Å²) in [6.45, 7) is 4.59. The van der Waals surface area contributed by atoms with E-state index in [4.69, 9.17) is 0 Å². The molecule has 0 heterocycles. The Morgan fingerprint density at radius 2 is 1.28 bits per heavy atom. The molecule has 5 aromatic carbocycles. The van der Waals surface area contributed by atoms with Crippen LogP contribution >= 0.6 is 11.8 Å². The van der Waals surface area contributed by atoms with Gasteiger partial charge in [-0.05, 0) is 98.7 Å². The molecule has 0 aliphatic carbocycles. The van der Waals surface area contributed by atoms with Gasteiger partial charge in [-0.2, -0.15) is 0 Å². The van der Waals surface area contributed by atoms with Gasteiger partial charge in [0.25, 0.3) is 0 Å². The van der Waals surface area contributed by atoms with Crippen LogP contribution < -0.4 is 0 Å². The highest BCUT2D eigenvalue weighted by Crippen LogP contribution is 2.38. The molecule has 5 aromatic rings. The Morgan fingerprint density at radius 3 is 2.03 bits per heavy atom. The summed E-state index contributed by atoms with van der Waals surface area (Å²) in [4.78, 5) is 1.30. The molecule has 1 heteroatoms. The second kappa shape index (κ2) is 13.2. The lowest BCUT2D eigenvalue weighted by Crippen LogP contribution is -1.98. The van der Waals surface area contributed by atoms with Gasteiger partial charge in [-0.15, -0.1) is 11.8 Å². The van der Waals surface area contributed by atoms with E-state index in [0.717, 1.165) is 12.8 Å². The molecule has 0 saturated heterocycles. The highest BCUT2D eigenvalue weighted by molar-refractivity contribution is 8.07. The van der Waals surface area contributed by atoms with Gasteiger partial charge in [0.2, 0.25) is 0 Å². The molecular weight excluding hydrogens is 488 g/mol. The lowest BCUT2D eigenvalue weighted by molar-refractivity contribution is 0.721. The van der Waals surface area contributed by atoms with Crippen LogP contribution in [0.5, 0.6) is 0 Å². The van der Waals surface area contributed by atoms with Crippen molar-refractivity contribution in [3.05, 3.63) is 119 Å². The van der Waals surface area contributed by atoms with Crippen molar-refractivity contribution in [2.45, 2.75) is 58.8 Å². The van der Waals surface area contributed by atoms with Crippen molar-refractivity contribution < 1.29 is 0 Å². The van der Waals surface area contributed by atoms with Crippen molar-refractivity contribution in [3.8, 4) is 0 Å². The number of benzene rings is 5. The van der Waals surface area contributed by atoms with Crippen LogP contribution in [0.15, 0.2) is 97.1 Å². The van der Waals surface area contributed by atoms with Crippen molar-refractivity contribution in [1.29, 1.82) is 0 Å². The van der Waals surface area contributed by atoms with Crippen LogP contribution in [0.25, 0.3) is 43.3 Å². The van der Waals surface area contributed by atoms with E-state index >= 15 is 0 Å². The van der Waals surface area contributed by atoms with E-state index in [2.05, 4.69) is 123 Å². The summed E-state index contributed by atoms with van der Waals surface area (Å²) in [5, 5.41) is 8.39. The summed E-state index contributed by atoms with van der Waals surface area (Å²) in [6.07, 6.45) is 17.4. The van der Waals surface area contributed by atoms with Gasteiger partial charge < -0.3 is 0 Å². The van der Waals surface area contributed by atoms with Crippen LogP contribution in [0.3, 0.4) is 0 Å². The second-order valence-electron chi connectivity index (χ2n) is 10.5. The molecule has 0 aliphatic heterocycles. The molecule has 0 amide bonds. The minimum Gasteiger partial charge on any atom is -0.129 e. The Kier molecular flexibility index (Phi) is 9.22. The first-order valence-corrected chi connectivity index (χ1v) is 15.8. The van der Waals surface area contributed by atoms with Crippen LogP contribution in [0.4, 0.5) is 0 Å². The fourth-order valence-corrected chi connectivity index (χ4v) is 6.45. The molecule has 0 unspecified atom stereocenters. The number of allylic oxidation sites excluding steroid dienone is 2. The summed E-state index contributed by atoms with van der Waals surface area (Å²) >= 11 is 1.83. The largest absolute Gasteiger partial charge is 0.129 e. The maximum absolute atomic E-state index is 2.48. The predicted molar refractivity (Wildman–Crippen MR) is 178 cm³/mol. The molecular formula is C38H40S. The first kappa shape index (κ1) is 27.3. The Bertz CT molecular complexity index is 1630. The van der Waals surface area contributed by atoms with Gasteiger partial charge in [0, 0.05) is 4.91 Å². The molecule has 0 aromatic heterocycles. The van der Waals surface area contributed by atoms with Crippen molar-refractivity contribution in [2.75, 3.05) is 6.26 Å². The monoisotopic (exact) mass is 528 g/mol. The highest BCUT2D eigenvalue weighted by Gasteiger charge is 2.15. The number of hydrogen-bond donors (Lipinski definition) is 0. The Balaban J connectivity index is 1.60. The zero-order valence-electron chi connectivity index (χ0n) is 23.7. The van der Waals surface area contributed by atoms with Crippen molar-refractivity contribution in [2.24, 2.45) is 0 Å². The minimum atomic E-state index is 1.14. The average Bonchev–Trinajstić information content (AvgIpc) is 2.98. The standard InChI is InChI=1S/C38H40S/c1-4-6-8-21-35-34-23-12-11-22-33(34)32(19-7-5-2)36-26-25-30(27-37(35)36)38(39-3)24-14-18-29-17-13-16-28-15-9-10-20-31(28)29/h9-18,20,22-27H,4-8,19,21H2,1-3H3/b18-14+,38-24-. The van der Waals surface area contributed by atoms with Gasteiger partial charge in [-0.25, -0.2) is 0 Å². The minimum absolute atomic E-state index is 1.14. The summed E-state index contributed by atoms with van der Waals surface area (Å²) in [5.41, 5.74) is 5.63. The molecule has 198 valence electrons. The van der Waals surface area contributed by atoms with Gasteiger partial charge in [0.1, 0.15) is 0 Å². The Morgan fingerprint density at radius 1 is 0.641 bits per heavy atom. The SMILES string of the molecule is CCCCCc1c2ccccc2c(CCCC)c2ccc(/C(=C/C=C/c3cccc4ccccc34)SC)cc12. The molecule has 0 atom stereocenters. The van der Waals surface area contributed by atoms with Crippen molar-refractivity contribution in [3.63, 3.8) is 0 Å². The number of rotatable bonds is 11. The van der Waals surface area contributed by atoms with Gasteiger partial charge in [-0.1, -0.05) is 124 Å². The van der Waals surface area contributed by atoms with Crippen LogP contribution in [0.1, 0.15) is 68.2 Å². The smallest absolute Gasteiger partial charge is 0.0142 e. The highest BCUT2D eigenvalue weighted by atomic mass is 32.2. The van der Waals surface area contributed by atoms with E-state index in [1.54, 1.807) is 0 Å². The normalized spacial score (nSPS) is 12.3. The zero-order chi connectivity index (χ0) is 27.0. The van der Waals surface area contributed by atoms with Gasteiger partial charge in [0.05, 0.1) is 0 Å². The third-order valence-corrected chi connectivity index (χ3v) is 8.72. The topological polar surface area (TPSA) is 0 Å². The van der Waals surface area contributed by atoms with E-state index in [0.29, 0.717) is 0 Å². The number of aryl methyl sites for hydroxylation is 2. The summed E-state index contributed by atoms with van der Waals surface area (Å²) in [6, 6.07) is 31.5. The average molecular weight is 529 g/mol. The molecule has 0 spiro atoms. The maximum Gasteiger partial charge on any atom is 0.0142 e. The lowest BCUT2D eigenvalue weighted by Gasteiger charge is -2.18. The van der Waals surface area contributed by atoms with Crippen LogP contribution in [0, 0.1) is 0 Å². The summed E-state index contributed by atoms with van der Waals surface area (Å²) in [5.74, 6) is 0. The molecule has 0 fully saturated rings. The number of fused-ring (bicyclic) bond motifs is 3. The summed E-state index contributed by atoms with van der Waals surface area (Å²) in [7, 11) is 0. The molecule has 0 N–H and O–H groups in total. The zero-order valence-corrected chi connectivity index (χ0v) is 24.5. The van der Waals surface area contributed by atoms with Gasteiger partial charge in [0.15, 0.2) is 0 Å². The van der Waals surface area contributed by atoms with Crippen LogP contribution in [0.2, 0.25) is 0 Å². The van der Waals surface area contributed by atoms with E-state index in [1.807, 2.05) is 11.8 Å². The number of hydrogen-bond acceptors (Lipinski definition) is 1. The predicted octanol–water partition coefficient (Wildman–Crippen LogP) is 11.6. The van der Waals surface area contributed by atoms with Gasteiger partial charge >= 0.3 is 0 Å². The molecule has 0 nitrogen and oxygen atoms in total. The molecule has 0 aliphatic rings. The van der Waals surface area contributed by atoms with E-state index in [-0.39, 0.29) is 0 Å². The Labute approximate surface area is 238 Å². The van der Waals surface area contributed by atoms with Gasteiger partial charge in [-0.3, -0.25) is 0 Å². The second-order valence-corrected chi connectivity index (χ2v) is 11.3. The first-order valence-electron chi connectivity index (χ1n) is 14.6. The third-order valence-electron chi connectivity index (χ3n) is 7.91. The molecule has 5 rings (SSSR count). The quantitative estimate of drug-likeness (QED) is 0.0933. The lowest BCUT2D eigenvalue weighted by atomic mass is 9.87. The van der Waals surface area contributed by atoms with Crippen LogP contribution in [-0.4, -0.2) is 6.26 Å². The van der Waals surface area contributed by atoms with Crippen molar-refractivity contribution >= 4 is 55.1 Å². The molecule has 39 heavy (non-hydrogen) atoms. The van der Waals surface area contributed by atoms with E-state index < -0.39 is 0 Å². The number of unbranched alkanes of at least 4 members (excludes halogenated alkanes) is 3. The fraction of sp³-hybridized carbons (Fsp3) is 0.263. The fourth-order valence-electron chi connectivity index (χ4n) is 5.87. The molecule has 0 bridgehead atoms. The van der Waals surface area contributed by atoms with Crippen LogP contribution in [-0.2, 0) is 12.8 Å². The number of thioether (sulfide) groups is 1. The maximum atomic E-state index is 2.48. The summed E-state index contributed by atoms with van der Waals surface area (Å²) < 4.78 is 0.